The van der Waals surface area contributed by atoms with Crippen molar-refractivity contribution in [1.82, 2.24) is 10.2 Å². The molecule has 20 heavy (non-hydrogen) atoms. The third-order valence-electron chi connectivity index (χ3n) is 2.85. The first-order valence-corrected chi connectivity index (χ1v) is 6.40. The summed E-state index contributed by atoms with van der Waals surface area (Å²) in [5, 5.41) is 19.3. The molecule has 0 fully saturated rings. The van der Waals surface area contributed by atoms with Crippen LogP contribution < -0.4 is 5.32 Å². The third kappa shape index (κ3) is 5.64. The lowest BCUT2D eigenvalue weighted by atomic mass is 10.0. The zero-order valence-corrected chi connectivity index (χ0v) is 11.6. The van der Waals surface area contributed by atoms with E-state index in [2.05, 4.69) is 20.3 Å². The van der Waals surface area contributed by atoms with Crippen molar-refractivity contribution in [2.24, 2.45) is 5.92 Å². The SMILES string of the molecule is COC(=O)c1ccc(NCCC(C)CCC(=O)O)nn1. The fraction of sp³-hybridized carbons (Fsp3) is 0.538. The highest BCUT2D eigenvalue weighted by molar-refractivity contribution is 5.86. The number of nitrogens with one attached hydrogen (secondary N) is 1. The predicted octanol–water partition coefficient (Wildman–Crippen LogP) is 1.57. The Balaban J connectivity index is 2.31. The number of anilines is 1. The smallest absolute Gasteiger partial charge is 0.358 e. The van der Waals surface area contributed by atoms with Crippen LogP contribution in [0, 0.1) is 5.92 Å². The van der Waals surface area contributed by atoms with Gasteiger partial charge in [-0.1, -0.05) is 6.92 Å². The Morgan fingerprint density at radius 2 is 2.10 bits per heavy atom. The van der Waals surface area contributed by atoms with Gasteiger partial charge in [-0.3, -0.25) is 4.79 Å². The van der Waals surface area contributed by atoms with E-state index in [0.29, 0.717) is 24.7 Å². The molecule has 0 aliphatic carbocycles. The minimum Gasteiger partial charge on any atom is -0.481 e. The van der Waals surface area contributed by atoms with Gasteiger partial charge in [-0.2, -0.15) is 0 Å². The summed E-state index contributed by atoms with van der Waals surface area (Å²) in [5.41, 5.74) is 0.160. The molecule has 1 aromatic rings. The molecule has 0 aliphatic rings. The number of hydrogen-bond acceptors (Lipinski definition) is 6. The van der Waals surface area contributed by atoms with Crippen molar-refractivity contribution < 1.29 is 19.4 Å². The highest BCUT2D eigenvalue weighted by Gasteiger charge is 2.08. The number of rotatable bonds is 8. The number of methoxy groups -OCH3 is 1. The van der Waals surface area contributed by atoms with Gasteiger partial charge in [0.05, 0.1) is 7.11 Å². The molecule has 0 aliphatic heterocycles. The summed E-state index contributed by atoms with van der Waals surface area (Å²) < 4.78 is 4.53. The van der Waals surface area contributed by atoms with Crippen molar-refractivity contribution >= 4 is 17.8 Å². The molecule has 1 atom stereocenters. The quantitative estimate of drug-likeness (QED) is 0.697. The van der Waals surface area contributed by atoms with E-state index in [9.17, 15) is 9.59 Å². The van der Waals surface area contributed by atoms with Crippen molar-refractivity contribution in [3.63, 3.8) is 0 Å². The number of carboxylic acid groups (broad SMARTS) is 1. The molecule has 0 spiro atoms. The first-order chi connectivity index (χ1) is 9.52. The summed E-state index contributed by atoms with van der Waals surface area (Å²) >= 11 is 0. The second-order valence-corrected chi connectivity index (χ2v) is 4.55. The molecule has 1 aromatic heterocycles. The maximum atomic E-state index is 11.2. The number of carboxylic acids is 1. The topological polar surface area (TPSA) is 101 Å². The molecule has 0 amide bonds. The van der Waals surface area contributed by atoms with Crippen LogP contribution in [0.25, 0.3) is 0 Å². The fourth-order valence-corrected chi connectivity index (χ4v) is 1.60. The van der Waals surface area contributed by atoms with Crippen LogP contribution in [0.15, 0.2) is 12.1 Å². The van der Waals surface area contributed by atoms with Gasteiger partial charge in [0.15, 0.2) is 5.69 Å². The predicted molar refractivity (Wildman–Crippen MR) is 72.5 cm³/mol. The van der Waals surface area contributed by atoms with Crippen molar-refractivity contribution in [2.75, 3.05) is 19.0 Å². The molecule has 7 nitrogen and oxygen atoms in total. The van der Waals surface area contributed by atoms with E-state index in [1.165, 1.54) is 13.2 Å². The molecular weight excluding hydrogens is 262 g/mol. The summed E-state index contributed by atoms with van der Waals surface area (Å²) in [7, 11) is 1.29. The standard InChI is InChI=1S/C13H19N3O4/c1-9(3-6-12(17)18)7-8-14-11-5-4-10(15-16-11)13(19)20-2/h4-5,9H,3,6-8H2,1-2H3,(H,14,16)(H,17,18). The van der Waals surface area contributed by atoms with E-state index in [4.69, 9.17) is 5.11 Å². The van der Waals surface area contributed by atoms with E-state index in [1.54, 1.807) is 6.07 Å². The van der Waals surface area contributed by atoms with Gasteiger partial charge in [0.1, 0.15) is 5.82 Å². The van der Waals surface area contributed by atoms with Gasteiger partial charge < -0.3 is 15.2 Å². The zero-order valence-electron chi connectivity index (χ0n) is 11.6. The van der Waals surface area contributed by atoms with Crippen LogP contribution in [0.2, 0.25) is 0 Å². The molecule has 1 rings (SSSR count). The van der Waals surface area contributed by atoms with Crippen LogP contribution in [0.1, 0.15) is 36.7 Å². The van der Waals surface area contributed by atoms with Crippen LogP contribution >= 0.6 is 0 Å². The lowest BCUT2D eigenvalue weighted by Gasteiger charge is -2.10. The van der Waals surface area contributed by atoms with Crippen LogP contribution in [0.4, 0.5) is 5.82 Å². The summed E-state index contributed by atoms with van der Waals surface area (Å²) in [5.74, 6) is -0.399. The van der Waals surface area contributed by atoms with Gasteiger partial charge in [-0.05, 0) is 30.9 Å². The van der Waals surface area contributed by atoms with E-state index >= 15 is 0 Å². The third-order valence-corrected chi connectivity index (χ3v) is 2.85. The molecule has 0 bridgehead atoms. The zero-order chi connectivity index (χ0) is 15.0. The molecule has 0 saturated carbocycles. The van der Waals surface area contributed by atoms with Crippen molar-refractivity contribution in [3.05, 3.63) is 17.8 Å². The van der Waals surface area contributed by atoms with Crippen LogP contribution in [0.3, 0.4) is 0 Å². The van der Waals surface area contributed by atoms with Gasteiger partial charge in [-0.25, -0.2) is 4.79 Å². The number of carbonyl (C=O) groups is 2. The Hall–Kier alpha value is -2.18. The molecule has 1 unspecified atom stereocenters. The summed E-state index contributed by atoms with van der Waals surface area (Å²) in [4.78, 5) is 21.6. The largest absolute Gasteiger partial charge is 0.481 e. The molecule has 7 heteroatoms. The number of nitrogens with zero attached hydrogens (tertiary/aromatic N) is 2. The van der Waals surface area contributed by atoms with Gasteiger partial charge in [0.2, 0.25) is 0 Å². The number of aliphatic carboxylic acids is 1. The monoisotopic (exact) mass is 281 g/mol. The van der Waals surface area contributed by atoms with Gasteiger partial charge >= 0.3 is 11.9 Å². The highest BCUT2D eigenvalue weighted by Crippen LogP contribution is 2.11. The van der Waals surface area contributed by atoms with Crippen molar-refractivity contribution in [1.29, 1.82) is 0 Å². The lowest BCUT2D eigenvalue weighted by Crippen LogP contribution is -2.11. The second kappa shape index (κ2) is 8.08. The number of ether oxygens (including phenoxy) is 1. The van der Waals surface area contributed by atoms with E-state index in [1.807, 2.05) is 6.92 Å². The molecule has 110 valence electrons. The molecule has 0 radical (unpaired) electrons. The normalized spacial score (nSPS) is 11.7. The molecule has 0 saturated heterocycles. The highest BCUT2D eigenvalue weighted by atomic mass is 16.5. The Kier molecular flexibility index (Phi) is 6.42. The number of esters is 1. The first-order valence-electron chi connectivity index (χ1n) is 6.40. The summed E-state index contributed by atoms with van der Waals surface area (Å²) in [6.45, 7) is 2.68. The molecule has 0 aromatic carbocycles. The van der Waals surface area contributed by atoms with E-state index in [-0.39, 0.29) is 12.1 Å². The van der Waals surface area contributed by atoms with Crippen LogP contribution in [-0.4, -0.2) is 40.9 Å². The number of carbonyl (C=O) groups excluding carboxylic acids is 1. The van der Waals surface area contributed by atoms with Gasteiger partial charge in [0, 0.05) is 13.0 Å². The maximum absolute atomic E-state index is 11.2. The van der Waals surface area contributed by atoms with Crippen LogP contribution in [-0.2, 0) is 9.53 Å². The lowest BCUT2D eigenvalue weighted by molar-refractivity contribution is -0.137. The van der Waals surface area contributed by atoms with E-state index in [0.717, 1.165) is 6.42 Å². The molecule has 2 N–H and O–H groups in total. The van der Waals surface area contributed by atoms with Crippen molar-refractivity contribution in [3.8, 4) is 0 Å². The number of aromatic nitrogens is 2. The van der Waals surface area contributed by atoms with Gasteiger partial charge in [-0.15, -0.1) is 10.2 Å². The average Bonchev–Trinajstić information content (AvgIpc) is 2.45. The average molecular weight is 281 g/mol. The minimum absolute atomic E-state index is 0.160. The Labute approximate surface area is 117 Å². The Morgan fingerprint density at radius 1 is 1.35 bits per heavy atom. The Bertz CT molecular complexity index is 447. The maximum Gasteiger partial charge on any atom is 0.358 e. The molecular formula is C13H19N3O4. The summed E-state index contributed by atoms with van der Waals surface area (Å²) in [6.07, 6.45) is 1.69. The fourth-order valence-electron chi connectivity index (χ4n) is 1.60. The second-order valence-electron chi connectivity index (χ2n) is 4.55. The first kappa shape index (κ1) is 15.9. The molecule has 1 heterocycles. The summed E-state index contributed by atoms with van der Waals surface area (Å²) in [6, 6.07) is 3.19. The number of hydrogen-bond donors (Lipinski definition) is 2. The van der Waals surface area contributed by atoms with Crippen LogP contribution in [0.5, 0.6) is 0 Å². The van der Waals surface area contributed by atoms with Gasteiger partial charge in [0.25, 0.3) is 0 Å². The van der Waals surface area contributed by atoms with E-state index < -0.39 is 11.9 Å². The Morgan fingerprint density at radius 3 is 2.65 bits per heavy atom. The minimum atomic E-state index is -0.769. The van der Waals surface area contributed by atoms with Crippen molar-refractivity contribution in [2.45, 2.75) is 26.2 Å².